The summed E-state index contributed by atoms with van der Waals surface area (Å²) in [7, 11) is 0. The molecule has 0 bridgehead atoms. The second-order valence-electron chi connectivity index (χ2n) is 7.40. The number of likely N-dealkylation sites (tertiary alicyclic amines) is 1. The molecule has 4 rings (SSSR count). The number of aromatic nitrogens is 3. The monoisotopic (exact) mass is 424 g/mol. The molecule has 0 spiro atoms. The van der Waals surface area contributed by atoms with Gasteiger partial charge in [0.15, 0.2) is 0 Å². The molecule has 0 unspecified atom stereocenters. The van der Waals surface area contributed by atoms with E-state index in [9.17, 15) is 14.4 Å². The fraction of sp³-hybridized carbons (Fsp3) is 0.273. The van der Waals surface area contributed by atoms with Gasteiger partial charge in [0, 0.05) is 18.1 Å². The minimum absolute atomic E-state index is 0.00706. The van der Waals surface area contributed by atoms with Gasteiger partial charge in [-0.3, -0.25) is 14.2 Å². The highest BCUT2D eigenvalue weighted by atomic mass is 35.5. The van der Waals surface area contributed by atoms with E-state index in [1.54, 1.807) is 41.3 Å². The number of amides is 1. The van der Waals surface area contributed by atoms with Crippen molar-refractivity contribution in [3.8, 4) is 5.69 Å². The van der Waals surface area contributed by atoms with Crippen LogP contribution in [0.25, 0.3) is 5.69 Å². The summed E-state index contributed by atoms with van der Waals surface area (Å²) in [6.45, 7) is 3.09. The minimum Gasteiger partial charge on any atom is -0.337 e. The van der Waals surface area contributed by atoms with Crippen molar-refractivity contribution >= 4 is 17.5 Å². The van der Waals surface area contributed by atoms with E-state index in [-0.39, 0.29) is 12.2 Å². The van der Waals surface area contributed by atoms with Crippen LogP contribution < -0.4 is 11.2 Å². The summed E-state index contributed by atoms with van der Waals surface area (Å²) in [6, 6.07) is 14.1. The molecule has 2 heterocycles. The number of nitrogens with zero attached hydrogens (tertiary/aromatic N) is 4. The normalized spacial score (nSPS) is 13.6. The van der Waals surface area contributed by atoms with Gasteiger partial charge >= 0.3 is 5.69 Å². The molecule has 2 aromatic carbocycles. The molecule has 1 aliphatic rings. The van der Waals surface area contributed by atoms with Crippen LogP contribution in [0.5, 0.6) is 0 Å². The molecule has 0 aliphatic carbocycles. The Labute approximate surface area is 178 Å². The maximum atomic E-state index is 13.2. The molecule has 3 aromatic rings. The Morgan fingerprint density at radius 2 is 1.77 bits per heavy atom. The zero-order valence-corrected chi connectivity index (χ0v) is 17.3. The van der Waals surface area contributed by atoms with Gasteiger partial charge in [0.05, 0.1) is 12.2 Å². The maximum absolute atomic E-state index is 13.2. The highest BCUT2D eigenvalue weighted by molar-refractivity contribution is 6.30. The fourth-order valence-electron chi connectivity index (χ4n) is 3.53. The van der Waals surface area contributed by atoms with Gasteiger partial charge in [-0.2, -0.15) is 9.78 Å². The van der Waals surface area contributed by atoms with Crippen molar-refractivity contribution < 1.29 is 4.79 Å². The number of carbonyl (C=O) groups excluding carboxylic acids is 1. The van der Waals surface area contributed by atoms with Crippen LogP contribution in [0.1, 0.15) is 34.5 Å². The van der Waals surface area contributed by atoms with Crippen molar-refractivity contribution in [1.29, 1.82) is 0 Å². The summed E-state index contributed by atoms with van der Waals surface area (Å²) < 4.78 is 2.16. The predicted molar refractivity (Wildman–Crippen MR) is 115 cm³/mol. The van der Waals surface area contributed by atoms with Crippen molar-refractivity contribution in [3.63, 3.8) is 0 Å². The molecule has 8 heteroatoms. The van der Waals surface area contributed by atoms with Gasteiger partial charge in [-0.05, 0) is 49.6 Å². The van der Waals surface area contributed by atoms with Crippen molar-refractivity contribution in [1.82, 2.24) is 19.2 Å². The lowest BCUT2D eigenvalue weighted by Crippen LogP contribution is -2.46. The first kappa shape index (κ1) is 20.1. The molecule has 1 saturated heterocycles. The van der Waals surface area contributed by atoms with Crippen molar-refractivity contribution in [2.75, 3.05) is 13.1 Å². The third-order valence-electron chi connectivity index (χ3n) is 5.16. The van der Waals surface area contributed by atoms with Crippen LogP contribution in [0.4, 0.5) is 0 Å². The van der Waals surface area contributed by atoms with Crippen LogP contribution in [0.15, 0.2) is 58.1 Å². The zero-order valence-electron chi connectivity index (χ0n) is 16.5. The molecule has 0 radical (unpaired) electrons. The lowest BCUT2D eigenvalue weighted by molar-refractivity contribution is 0.0781. The number of halogens is 1. The summed E-state index contributed by atoms with van der Waals surface area (Å²) in [4.78, 5) is 40.9. The Kier molecular flexibility index (Phi) is 5.55. The number of carbonyl (C=O) groups is 1. The topological polar surface area (TPSA) is 77.2 Å². The summed E-state index contributed by atoms with van der Waals surface area (Å²) in [5.41, 5.74) is 0.636. The molecule has 30 heavy (non-hydrogen) atoms. The Balaban J connectivity index is 1.88. The first-order valence-electron chi connectivity index (χ1n) is 9.79. The standard InChI is InChI=1S/C22H21ClN4O3/c1-15-7-9-18(10-8-15)27-22(30)26(14-16-5-4-6-17(23)13-16)21(29)19(24-27)20(28)25-11-2-3-12-25/h4-10,13H,2-3,11-12,14H2,1H3. The van der Waals surface area contributed by atoms with Gasteiger partial charge in [-0.25, -0.2) is 4.79 Å². The molecule has 0 atom stereocenters. The van der Waals surface area contributed by atoms with E-state index in [0.29, 0.717) is 29.4 Å². The smallest absolute Gasteiger partial charge is 0.337 e. The van der Waals surface area contributed by atoms with E-state index in [0.717, 1.165) is 27.7 Å². The Morgan fingerprint density at radius 1 is 1.07 bits per heavy atom. The average Bonchev–Trinajstić information content (AvgIpc) is 3.27. The van der Waals surface area contributed by atoms with E-state index in [4.69, 9.17) is 11.6 Å². The van der Waals surface area contributed by atoms with E-state index in [1.165, 1.54) is 0 Å². The number of hydrogen-bond acceptors (Lipinski definition) is 4. The van der Waals surface area contributed by atoms with Gasteiger partial charge in [-0.15, -0.1) is 0 Å². The summed E-state index contributed by atoms with van der Waals surface area (Å²) >= 11 is 6.06. The van der Waals surface area contributed by atoms with E-state index >= 15 is 0 Å². The highest BCUT2D eigenvalue weighted by Crippen LogP contribution is 2.13. The molecule has 154 valence electrons. The molecule has 1 amide bonds. The van der Waals surface area contributed by atoms with Gasteiger partial charge in [0.1, 0.15) is 0 Å². The van der Waals surface area contributed by atoms with Gasteiger partial charge in [-0.1, -0.05) is 41.4 Å². The van der Waals surface area contributed by atoms with Crippen LogP contribution in [-0.4, -0.2) is 38.2 Å². The van der Waals surface area contributed by atoms with Crippen LogP contribution in [0, 0.1) is 6.92 Å². The first-order chi connectivity index (χ1) is 14.4. The lowest BCUT2D eigenvalue weighted by atomic mass is 10.2. The third kappa shape index (κ3) is 3.93. The summed E-state index contributed by atoms with van der Waals surface area (Å²) in [6.07, 6.45) is 1.78. The van der Waals surface area contributed by atoms with Crippen LogP contribution in [0.2, 0.25) is 5.02 Å². The first-order valence-corrected chi connectivity index (χ1v) is 10.2. The number of rotatable bonds is 4. The molecular formula is C22H21ClN4O3. The van der Waals surface area contributed by atoms with E-state index < -0.39 is 17.2 Å². The molecule has 1 aliphatic heterocycles. The van der Waals surface area contributed by atoms with Crippen LogP contribution in [-0.2, 0) is 6.54 Å². The molecule has 1 aromatic heterocycles. The highest BCUT2D eigenvalue weighted by Gasteiger charge is 2.26. The van der Waals surface area contributed by atoms with E-state index in [1.807, 2.05) is 19.1 Å². The number of hydrogen-bond donors (Lipinski definition) is 0. The summed E-state index contributed by atoms with van der Waals surface area (Å²) in [5, 5.41) is 4.69. The Hall–Kier alpha value is -3.19. The third-order valence-corrected chi connectivity index (χ3v) is 5.40. The van der Waals surface area contributed by atoms with Crippen LogP contribution >= 0.6 is 11.6 Å². The Bertz CT molecular complexity index is 1210. The average molecular weight is 425 g/mol. The molecule has 0 N–H and O–H groups in total. The Morgan fingerprint density at radius 3 is 2.43 bits per heavy atom. The largest absolute Gasteiger partial charge is 0.352 e. The van der Waals surface area contributed by atoms with Gasteiger partial charge < -0.3 is 4.90 Å². The molecular weight excluding hydrogens is 404 g/mol. The van der Waals surface area contributed by atoms with E-state index in [2.05, 4.69) is 5.10 Å². The zero-order chi connectivity index (χ0) is 21.3. The molecule has 0 saturated carbocycles. The molecule has 7 nitrogen and oxygen atoms in total. The minimum atomic E-state index is -0.694. The summed E-state index contributed by atoms with van der Waals surface area (Å²) in [5.74, 6) is -0.446. The molecule has 1 fully saturated rings. The number of aryl methyl sites for hydroxylation is 1. The predicted octanol–water partition coefficient (Wildman–Crippen LogP) is 2.64. The van der Waals surface area contributed by atoms with Gasteiger partial charge in [0.25, 0.3) is 11.5 Å². The number of benzene rings is 2. The quantitative estimate of drug-likeness (QED) is 0.645. The fourth-order valence-corrected chi connectivity index (χ4v) is 3.74. The van der Waals surface area contributed by atoms with Crippen molar-refractivity contribution in [2.45, 2.75) is 26.3 Å². The SMILES string of the molecule is Cc1ccc(-n2nc(C(=O)N3CCCC3)c(=O)n(Cc3cccc(Cl)c3)c2=O)cc1. The second kappa shape index (κ2) is 8.28. The second-order valence-corrected chi connectivity index (χ2v) is 7.84. The van der Waals surface area contributed by atoms with Crippen molar-refractivity contribution in [3.05, 3.63) is 91.2 Å². The van der Waals surface area contributed by atoms with Crippen molar-refractivity contribution in [2.24, 2.45) is 0 Å². The van der Waals surface area contributed by atoms with Gasteiger partial charge in [0.2, 0.25) is 5.69 Å². The lowest BCUT2D eigenvalue weighted by Gasteiger charge is -2.16. The maximum Gasteiger partial charge on any atom is 0.352 e. The van der Waals surface area contributed by atoms with Crippen LogP contribution in [0.3, 0.4) is 0 Å².